The molecule has 134 valence electrons. The van der Waals surface area contributed by atoms with Crippen molar-refractivity contribution in [2.45, 2.75) is 40.2 Å². The minimum Gasteiger partial charge on any atom is -0.462 e. The Morgan fingerprint density at radius 2 is 2.20 bits per heavy atom. The maximum absolute atomic E-state index is 13.0. The fraction of sp³-hybridized carbons (Fsp3) is 0.500. The van der Waals surface area contributed by atoms with Gasteiger partial charge in [-0.15, -0.1) is 0 Å². The monoisotopic (exact) mass is 342 g/mol. The van der Waals surface area contributed by atoms with Crippen LogP contribution in [0.15, 0.2) is 23.0 Å². The van der Waals surface area contributed by atoms with Gasteiger partial charge in [-0.1, -0.05) is 6.92 Å². The van der Waals surface area contributed by atoms with E-state index in [2.05, 4.69) is 16.8 Å². The van der Waals surface area contributed by atoms with Crippen LogP contribution < -0.4 is 5.43 Å². The number of pyridine rings is 1. The minimum absolute atomic E-state index is 0.00984. The summed E-state index contributed by atoms with van der Waals surface area (Å²) in [7, 11) is 0. The van der Waals surface area contributed by atoms with Gasteiger partial charge in [0.25, 0.3) is 0 Å². The molecule has 1 aromatic carbocycles. The SMILES string of the molecule is CCOC(=O)c1ccc2[nH]c(C)c(CN3CCC[C@@H](C)C3)c(=O)c2c1. The van der Waals surface area contributed by atoms with Crippen molar-refractivity contribution < 1.29 is 9.53 Å². The lowest BCUT2D eigenvalue weighted by atomic mass is 9.99. The molecule has 0 radical (unpaired) electrons. The first-order valence-corrected chi connectivity index (χ1v) is 9.04. The highest BCUT2D eigenvalue weighted by Gasteiger charge is 2.19. The number of likely N-dealkylation sites (tertiary alicyclic amines) is 1. The smallest absolute Gasteiger partial charge is 0.338 e. The van der Waals surface area contributed by atoms with Crippen LogP contribution in [0.4, 0.5) is 0 Å². The Bertz CT molecular complexity index is 841. The standard InChI is InChI=1S/C20H26N2O3/c1-4-25-20(24)15-7-8-18-16(10-15)19(23)17(14(3)21-18)12-22-9-5-6-13(2)11-22/h7-8,10,13H,4-6,9,11-12H2,1-3H3,(H,21,23)/t13-/m1/s1. The molecule has 2 heterocycles. The van der Waals surface area contributed by atoms with Crippen molar-refractivity contribution in [1.29, 1.82) is 0 Å². The van der Waals surface area contributed by atoms with Crippen LogP contribution in [0.3, 0.4) is 0 Å². The normalized spacial score (nSPS) is 18.4. The summed E-state index contributed by atoms with van der Waals surface area (Å²) in [6, 6.07) is 5.12. The molecule has 5 nitrogen and oxygen atoms in total. The van der Waals surface area contributed by atoms with Crippen molar-refractivity contribution in [2.24, 2.45) is 5.92 Å². The summed E-state index contributed by atoms with van der Waals surface area (Å²) in [5.74, 6) is 0.278. The molecule has 0 saturated carbocycles. The Hall–Kier alpha value is -2.14. The van der Waals surface area contributed by atoms with Crippen molar-refractivity contribution in [3.8, 4) is 0 Å². The molecule has 0 aliphatic carbocycles. The topological polar surface area (TPSA) is 62.4 Å². The first kappa shape index (κ1) is 17.7. The van der Waals surface area contributed by atoms with E-state index in [9.17, 15) is 9.59 Å². The van der Waals surface area contributed by atoms with E-state index in [1.165, 1.54) is 12.8 Å². The van der Waals surface area contributed by atoms with Crippen LogP contribution >= 0.6 is 0 Å². The molecule has 3 rings (SSSR count). The summed E-state index contributed by atoms with van der Waals surface area (Å²) in [6.45, 7) is 9.01. The molecule has 0 amide bonds. The second-order valence-corrected chi connectivity index (χ2v) is 7.02. The van der Waals surface area contributed by atoms with E-state index in [4.69, 9.17) is 4.74 Å². The molecule has 1 saturated heterocycles. The number of nitrogens with one attached hydrogen (secondary N) is 1. The van der Waals surface area contributed by atoms with Crippen LogP contribution in [0.25, 0.3) is 10.9 Å². The van der Waals surface area contributed by atoms with E-state index in [1.807, 2.05) is 6.92 Å². The fourth-order valence-corrected chi connectivity index (χ4v) is 3.64. The summed E-state index contributed by atoms with van der Waals surface area (Å²) in [6.07, 6.45) is 2.44. The molecule has 1 fully saturated rings. The van der Waals surface area contributed by atoms with Gasteiger partial charge in [0.05, 0.1) is 12.2 Å². The molecule has 25 heavy (non-hydrogen) atoms. The average molecular weight is 342 g/mol. The van der Waals surface area contributed by atoms with Gasteiger partial charge in [-0.05, 0) is 57.4 Å². The first-order valence-electron chi connectivity index (χ1n) is 9.04. The predicted molar refractivity (Wildman–Crippen MR) is 98.9 cm³/mol. The number of fused-ring (bicyclic) bond motifs is 1. The molecule has 1 aromatic heterocycles. The van der Waals surface area contributed by atoms with Crippen molar-refractivity contribution in [3.05, 3.63) is 45.2 Å². The molecular formula is C20H26N2O3. The fourth-order valence-electron chi connectivity index (χ4n) is 3.64. The van der Waals surface area contributed by atoms with Gasteiger partial charge in [0.2, 0.25) is 0 Å². The number of esters is 1. The second kappa shape index (κ2) is 7.40. The number of carbonyl (C=O) groups excluding carboxylic acids is 1. The number of aromatic nitrogens is 1. The molecule has 0 bridgehead atoms. The molecule has 2 aromatic rings. The van der Waals surface area contributed by atoms with Gasteiger partial charge < -0.3 is 9.72 Å². The molecule has 0 unspecified atom stereocenters. The lowest BCUT2D eigenvalue weighted by Gasteiger charge is -2.31. The number of benzene rings is 1. The Kier molecular flexibility index (Phi) is 5.23. The number of H-pyrrole nitrogens is 1. The first-order chi connectivity index (χ1) is 12.0. The van der Waals surface area contributed by atoms with Gasteiger partial charge in [0, 0.05) is 35.2 Å². The number of rotatable bonds is 4. The zero-order chi connectivity index (χ0) is 18.0. The molecule has 5 heteroatoms. The van der Waals surface area contributed by atoms with E-state index in [0.29, 0.717) is 30.0 Å². The molecule has 1 aliphatic heterocycles. The van der Waals surface area contributed by atoms with Crippen molar-refractivity contribution >= 4 is 16.9 Å². The number of aryl methyl sites for hydroxylation is 1. The third-order valence-electron chi connectivity index (χ3n) is 4.95. The highest BCUT2D eigenvalue weighted by Crippen LogP contribution is 2.19. The van der Waals surface area contributed by atoms with Crippen molar-refractivity contribution in [3.63, 3.8) is 0 Å². The van der Waals surface area contributed by atoms with Gasteiger partial charge in [0.1, 0.15) is 0 Å². The van der Waals surface area contributed by atoms with Crippen LogP contribution in [0.5, 0.6) is 0 Å². The summed E-state index contributed by atoms with van der Waals surface area (Å²) in [5.41, 5.74) is 2.88. The van der Waals surface area contributed by atoms with Gasteiger partial charge >= 0.3 is 5.97 Å². The molecule has 1 aliphatic rings. The molecule has 1 atom stereocenters. The lowest BCUT2D eigenvalue weighted by molar-refractivity contribution is 0.0526. The van der Waals surface area contributed by atoms with Crippen molar-refractivity contribution in [1.82, 2.24) is 9.88 Å². The third kappa shape index (κ3) is 3.76. The quantitative estimate of drug-likeness (QED) is 0.867. The molecule has 0 spiro atoms. The highest BCUT2D eigenvalue weighted by atomic mass is 16.5. The maximum atomic E-state index is 13.0. The van der Waals surface area contributed by atoms with E-state index < -0.39 is 5.97 Å². The Morgan fingerprint density at radius 1 is 1.40 bits per heavy atom. The van der Waals surface area contributed by atoms with E-state index >= 15 is 0 Å². The van der Waals surface area contributed by atoms with Crippen LogP contribution in [0.2, 0.25) is 0 Å². The van der Waals surface area contributed by atoms with Gasteiger partial charge in [-0.3, -0.25) is 9.69 Å². The van der Waals surface area contributed by atoms with Crippen molar-refractivity contribution in [2.75, 3.05) is 19.7 Å². The van der Waals surface area contributed by atoms with Gasteiger partial charge in [-0.25, -0.2) is 4.79 Å². The minimum atomic E-state index is -0.393. The largest absolute Gasteiger partial charge is 0.462 e. The van der Waals surface area contributed by atoms with Gasteiger partial charge in [-0.2, -0.15) is 0 Å². The highest BCUT2D eigenvalue weighted by molar-refractivity contribution is 5.94. The van der Waals surface area contributed by atoms with E-state index in [1.54, 1.807) is 25.1 Å². The summed E-state index contributed by atoms with van der Waals surface area (Å²) in [5, 5.41) is 0.552. The number of ether oxygens (including phenoxy) is 1. The number of carbonyl (C=O) groups is 1. The van der Waals surface area contributed by atoms with E-state index in [0.717, 1.165) is 29.9 Å². The maximum Gasteiger partial charge on any atom is 0.338 e. The summed E-state index contributed by atoms with van der Waals surface area (Å²) < 4.78 is 5.04. The molecule has 1 N–H and O–H groups in total. The molecular weight excluding hydrogens is 316 g/mol. The zero-order valence-electron chi connectivity index (χ0n) is 15.2. The summed E-state index contributed by atoms with van der Waals surface area (Å²) in [4.78, 5) is 30.7. The predicted octanol–water partition coefficient (Wildman–Crippen LogP) is 3.25. The van der Waals surface area contributed by atoms with Crippen LogP contribution in [0, 0.1) is 12.8 Å². The number of piperidine rings is 1. The van der Waals surface area contributed by atoms with E-state index in [-0.39, 0.29) is 5.43 Å². The number of aromatic amines is 1. The van der Waals surface area contributed by atoms with Crippen LogP contribution in [-0.4, -0.2) is 35.5 Å². The number of hydrogen-bond acceptors (Lipinski definition) is 4. The third-order valence-corrected chi connectivity index (χ3v) is 4.95. The Labute approximate surface area is 148 Å². The van der Waals surface area contributed by atoms with Crippen LogP contribution in [0.1, 0.15) is 48.3 Å². The average Bonchev–Trinajstić information content (AvgIpc) is 2.58. The second-order valence-electron chi connectivity index (χ2n) is 7.02. The van der Waals surface area contributed by atoms with Gasteiger partial charge in [0.15, 0.2) is 5.43 Å². The summed E-state index contributed by atoms with van der Waals surface area (Å²) >= 11 is 0. The Balaban J connectivity index is 1.98. The van der Waals surface area contributed by atoms with Crippen LogP contribution in [-0.2, 0) is 11.3 Å². The number of nitrogens with zero attached hydrogens (tertiary/aromatic N) is 1. The number of hydrogen-bond donors (Lipinski definition) is 1. The Morgan fingerprint density at radius 3 is 2.92 bits per heavy atom. The lowest BCUT2D eigenvalue weighted by Crippen LogP contribution is -2.35. The zero-order valence-corrected chi connectivity index (χ0v) is 15.2.